The second-order valence-electron chi connectivity index (χ2n) is 4.60. The van der Waals surface area contributed by atoms with E-state index >= 15 is 0 Å². The van der Waals surface area contributed by atoms with E-state index in [1.807, 2.05) is 42.3 Å². The van der Waals surface area contributed by atoms with Gasteiger partial charge in [-0.1, -0.05) is 44.4 Å². The van der Waals surface area contributed by atoms with Gasteiger partial charge >= 0.3 is 0 Å². The van der Waals surface area contributed by atoms with Crippen molar-refractivity contribution in [3.63, 3.8) is 0 Å². The Balaban J connectivity index is 2.20. The van der Waals surface area contributed by atoms with E-state index in [0.29, 0.717) is 6.54 Å². The van der Waals surface area contributed by atoms with E-state index in [1.165, 1.54) is 19.3 Å². The summed E-state index contributed by atoms with van der Waals surface area (Å²) in [6.07, 6.45) is 4.75. The number of hydrogen-bond donors (Lipinski definition) is 1. The highest BCUT2D eigenvalue weighted by Gasteiger charge is 2.05. The SMILES string of the molecule is CCCCCCNC(=O)CN(C)c1ccccc1. The predicted octanol–water partition coefficient (Wildman–Crippen LogP) is 2.82. The number of nitrogens with zero attached hydrogens (tertiary/aromatic N) is 1. The van der Waals surface area contributed by atoms with Gasteiger partial charge in [-0.15, -0.1) is 0 Å². The van der Waals surface area contributed by atoms with Gasteiger partial charge in [-0.25, -0.2) is 0 Å². The molecule has 0 aliphatic heterocycles. The van der Waals surface area contributed by atoms with Gasteiger partial charge in [-0.05, 0) is 18.6 Å². The quantitative estimate of drug-likeness (QED) is 0.717. The summed E-state index contributed by atoms with van der Waals surface area (Å²) in [6, 6.07) is 9.96. The summed E-state index contributed by atoms with van der Waals surface area (Å²) in [5.41, 5.74) is 1.07. The molecule has 1 aromatic carbocycles. The fourth-order valence-electron chi connectivity index (χ4n) is 1.82. The third-order valence-electron chi connectivity index (χ3n) is 2.93. The van der Waals surface area contributed by atoms with Crippen molar-refractivity contribution in [1.82, 2.24) is 5.32 Å². The highest BCUT2D eigenvalue weighted by atomic mass is 16.2. The van der Waals surface area contributed by atoms with Gasteiger partial charge < -0.3 is 10.2 Å². The van der Waals surface area contributed by atoms with Crippen molar-refractivity contribution in [1.29, 1.82) is 0 Å². The molecule has 18 heavy (non-hydrogen) atoms. The van der Waals surface area contributed by atoms with Crippen LogP contribution in [0.15, 0.2) is 30.3 Å². The molecule has 1 rings (SSSR count). The molecule has 1 amide bonds. The van der Waals surface area contributed by atoms with Crippen molar-refractivity contribution >= 4 is 11.6 Å². The Morgan fingerprint density at radius 3 is 2.56 bits per heavy atom. The van der Waals surface area contributed by atoms with Crippen molar-refractivity contribution in [3.8, 4) is 0 Å². The number of para-hydroxylation sites is 1. The van der Waals surface area contributed by atoms with E-state index in [0.717, 1.165) is 18.7 Å². The molecule has 0 atom stereocenters. The fourth-order valence-corrected chi connectivity index (χ4v) is 1.82. The summed E-state index contributed by atoms with van der Waals surface area (Å²) >= 11 is 0. The van der Waals surface area contributed by atoms with Crippen LogP contribution in [-0.4, -0.2) is 26.0 Å². The maximum Gasteiger partial charge on any atom is 0.239 e. The molecule has 0 aromatic heterocycles. The number of anilines is 1. The molecule has 0 saturated heterocycles. The Morgan fingerprint density at radius 2 is 1.89 bits per heavy atom. The van der Waals surface area contributed by atoms with E-state index in [1.54, 1.807) is 0 Å². The summed E-state index contributed by atoms with van der Waals surface area (Å²) in [5, 5.41) is 2.96. The Bertz CT molecular complexity index is 338. The van der Waals surface area contributed by atoms with Gasteiger partial charge in [-0.3, -0.25) is 4.79 Å². The van der Waals surface area contributed by atoms with E-state index < -0.39 is 0 Å². The Morgan fingerprint density at radius 1 is 1.17 bits per heavy atom. The van der Waals surface area contributed by atoms with Crippen LogP contribution in [0.4, 0.5) is 5.69 Å². The largest absolute Gasteiger partial charge is 0.365 e. The minimum Gasteiger partial charge on any atom is -0.365 e. The molecule has 0 aliphatic carbocycles. The van der Waals surface area contributed by atoms with Gasteiger partial charge in [0.05, 0.1) is 6.54 Å². The number of likely N-dealkylation sites (N-methyl/N-ethyl adjacent to an activating group) is 1. The van der Waals surface area contributed by atoms with Crippen LogP contribution in [-0.2, 0) is 4.79 Å². The molecule has 0 aliphatic rings. The van der Waals surface area contributed by atoms with Crippen molar-refractivity contribution in [2.45, 2.75) is 32.6 Å². The van der Waals surface area contributed by atoms with Gasteiger partial charge in [-0.2, -0.15) is 0 Å². The lowest BCUT2D eigenvalue weighted by atomic mass is 10.2. The van der Waals surface area contributed by atoms with Crippen LogP contribution >= 0.6 is 0 Å². The molecule has 1 N–H and O–H groups in total. The maximum atomic E-state index is 11.7. The molecule has 3 heteroatoms. The predicted molar refractivity (Wildman–Crippen MR) is 76.9 cm³/mol. The number of carbonyl (C=O) groups is 1. The van der Waals surface area contributed by atoms with E-state index in [9.17, 15) is 4.79 Å². The molecule has 0 saturated carbocycles. The molecule has 0 heterocycles. The molecule has 0 fully saturated rings. The van der Waals surface area contributed by atoms with Gasteiger partial charge in [0.15, 0.2) is 0 Å². The Hall–Kier alpha value is -1.51. The van der Waals surface area contributed by atoms with Gasteiger partial charge in [0.25, 0.3) is 0 Å². The van der Waals surface area contributed by atoms with Crippen molar-refractivity contribution in [3.05, 3.63) is 30.3 Å². The van der Waals surface area contributed by atoms with E-state index in [4.69, 9.17) is 0 Å². The van der Waals surface area contributed by atoms with Crippen LogP contribution in [0.3, 0.4) is 0 Å². The van der Waals surface area contributed by atoms with Gasteiger partial charge in [0.2, 0.25) is 5.91 Å². The third-order valence-corrected chi connectivity index (χ3v) is 2.93. The number of benzene rings is 1. The number of hydrogen-bond acceptors (Lipinski definition) is 2. The van der Waals surface area contributed by atoms with Crippen LogP contribution in [0.2, 0.25) is 0 Å². The second-order valence-corrected chi connectivity index (χ2v) is 4.60. The molecule has 0 radical (unpaired) electrons. The zero-order chi connectivity index (χ0) is 13.2. The van der Waals surface area contributed by atoms with Crippen molar-refractivity contribution in [2.75, 3.05) is 25.0 Å². The van der Waals surface area contributed by atoms with E-state index in [2.05, 4.69) is 12.2 Å². The molecule has 100 valence electrons. The number of rotatable bonds is 8. The minimum atomic E-state index is 0.0952. The number of unbranched alkanes of at least 4 members (excludes halogenated alkanes) is 3. The van der Waals surface area contributed by atoms with Crippen molar-refractivity contribution < 1.29 is 4.79 Å². The normalized spacial score (nSPS) is 10.1. The van der Waals surface area contributed by atoms with Gasteiger partial charge in [0.1, 0.15) is 0 Å². The number of amides is 1. The first kappa shape index (κ1) is 14.6. The smallest absolute Gasteiger partial charge is 0.239 e. The summed E-state index contributed by atoms with van der Waals surface area (Å²) in [5.74, 6) is 0.0952. The zero-order valence-electron chi connectivity index (χ0n) is 11.5. The van der Waals surface area contributed by atoms with Crippen LogP contribution in [0.1, 0.15) is 32.6 Å². The molecule has 3 nitrogen and oxygen atoms in total. The summed E-state index contributed by atoms with van der Waals surface area (Å²) in [6.45, 7) is 3.40. The standard InChI is InChI=1S/C15H24N2O/c1-3-4-5-9-12-16-15(18)13-17(2)14-10-7-6-8-11-14/h6-8,10-11H,3-5,9,12-13H2,1-2H3,(H,16,18). The summed E-state index contributed by atoms with van der Waals surface area (Å²) in [4.78, 5) is 13.7. The molecule has 0 spiro atoms. The van der Waals surface area contributed by atoms with Crippen LogP contribution in [0.5, 0.6) is 0 Å². The van der Waals surface area contributed by atoms with Crippen LogP contribution in [0.25, 0.3) is 0 Å². The van der Waals surface area contributed by atoms with Crippen molar-refractivity contribution in [2.24, 2.45) is 0 Å². The Kier molecular flexibility index (Phi) is 6.92. The topological polar surface area (TPSA) is 32.3 Å². The molecular weight excluding hydrogens is 224 g/mol. The Labute approximate surface area is 110 Å². The zero-order valence-corrected chi connectivity index (χ0v) is 11.5. The lowest BCUT2D eigenvalue weighted by Crippen LogP contribution is -2.35. The first-order valence-electron chi connectivity index (χ1n) is 6.77. The van der Waals surface area contributed by atoms with Crippen LogP contribution < -0.4 is 10.2 Å². The maximum absolute atomic E-state index is 11.7. The summed E-state index contributed by atoms with van der Waals surface area (Å²) in [7, 11) is 1.94. The minimum absolute atomic E-state index is 0.0952. The third kappa shape index (κ3) is 5.71. The van der Waals surface area contributed by atoms with E-state index in [-0.39, 0.29) is 5.91 Å². The lowest BCUT2D eigenvalue weighted by molar-refractivity contribution is -0.119. The average Bonchev–Trinajstić information content (AvgIpc) is 2.39. The monoisotopic (exact) mass is 248 g/mol. The van der Waals surface area contributed by atoms with Gasteiger partial charge in [0, 0.05) is 19.3 Å². The highest BCUT2D eigenvalue weighted by Crippen LogP contribution is 2.09. The number of carbonyl (C=O) groups excluding carboxylic acids is 1. The summed E-state index contributed by atoms with van der Waals surface area (Å²) < 4.78 is 0. The highest BCUT2D eigenvalue weighted by molar-refractivity contribution is 5.81. The second kappa shape index (κ2) is 8.56. The first-order valence-corrected chi connectivity index (χ1v) is 6.77. The lowest BCUT2D eigenvalue weighted by Gasteiger charge is -2.18. The number of nitrogens with one attached hydrogen (secondary N) is 1. The molecular formula is C15H24N2O. The molecule has 0 unspecified atom stereocenters. The molecule has 0 bridgehead atoms. The molecule has 1 aromatic rings. The fraction of sp³-hybridized carbons (Fsp3) is 0.533. The average molecular weight is 248 g/mol. The first-order chi connectivity index (χ1) is 8.74. The van der Waals surface area contributed by atoms with Crippen LogP contribution in [0, 0.1) is 0 Å².